The molecule has 130 valence electrons. The molecule has 2 N–H and O–H groups in total. The van der Waals surface area contributed by atoms with Crippen LogP contribution in [0.4, 0.5) is 0 Å². The molecule has 0 aliphatic heterocycles. The van der Waals surface area contributed by atoms with Gasteiger partial charge in [0.15, 0.2) is 0 Å². The zero-order valence-electron chi connectivity index (χ0n) is 14.9. The molecule has 0 bridgehead atoms. The van der Waals surface area contributed by atoms with Crippen LogP contribution in [0.15, 0.2) is 18.2 Å². The third-order valence-corrected chi connectivity index (χ3v) is 4.91. The number of rotatable bonds is 8. The van der Waals surface area contributed by atoms with E-state index in [2.05, 4.69) is 24.9 Å². The van der Waals surface area contributed by atoms with E-state index in [9.17, 15) is 0 Å². The van der Waals surface area contributed by atoms with E-state index in [0.29, 0.717) is 19.2 Å². The molecule has 23 heavy (non-hydrogen) atoms. The van der Waals surface area contributed by atoms with Crippen molar-refractivity contribution < 1.29 is 9.47 Å². The van der Waals surface area contributed by atoms with E-state index < -0.39 is 0 Å². The molecule has 4 heteroatoms. The third kappa shape index (κ3) is 4.61. The Bertz CT molecular complexity index is 472. The standard InChI is InChI=1S/C19H32N2O2/c1-4-12-23-19-13-16(22-3)10-11-17(19)18(14-20)21(2)15-8-6-5-7-9-15/h10-11,13,15,18H,4-9,12,14,20H2,1-3H3. The lowest BCUT2D eigenvalue weighted by atomic mass is 9.92. The lowest BCUT2D eigenvalue weighted by Crippen LogP contribution is -2.39. The summed E-state index contributed by atoms with van der Waals surface area (Å²) in [5, 5.41) is 0. The third-order valence-electron chi connectivity index (χ3n) is 4.91. The van der Waals surface area contributed by atoms with E-state index in [1.165, 1.54) is 37.7 Å². The first-order valence-corrected chi connectivity index (χ1v) is 8.94. The van der Waals surface area contributed by atoms with Crippen LogP contribution < -0.4 is 15.2 Å². The number of nitrogens with two attached hydrogens (primary N) is 1. The first-order chi connectivity index (χ1) is 11.2. The molecule has 1 aromatic carbocycles. The molecule has 1 aromatic rings. The summed E-state index contributed by atoms with van der Waals surface area (Å²) in [5.74, 6) is 1.74. The van der Waals surface area contributed by atoms with Gasteiger partial charge in [-0.3, -0.25) is 4.90 Å². The minimum atomic E-state index is 0.191. The highest BCUT2D eigenvalue weighted by atomic mass is 16.5. The van der Waals surface area contributed by atoms with E-state index in [0.717, 1.165) is 17.9 Å². The summed E-state index contributed by atoms with van der Waals surface area (Å²) in [6.07, 6.45) is 7.55. The predicted octanol–water partition coefficient (Wildman–Crippen LogP) is 3.75. The Morgan fingerprint density at radius 2 is 2.00 bits per heavy atom. The first-order valence-electron chi connectivity index (χ1n) is 8.94. The second-order valence-corrected chi connectivity index (χ2v) is 6.46. The van der Waals surface area contributed by atoms with Crippen molar-refractivity contribution in [1.29, 1.82) is 0 Å². The van der Waals surface area contributed by atoms with Gasteiger partial charge in [0.05, 0.1) is 19.8 Å². The van der Waals surface area contributed by atoms with Gasteiger partial charge in [-0.25, -0.2) is 0 Å². The second-order valence-electron chi connectivity index (χ2n) is 6.46. The Balaban J connectivity index is 2.23. The molecule has 0 spiro atoms. The molecule has 1 unspecified atom stereocenters. The van der Waals surface area contributed by atoms with E-state index >= 15 is 0 Å². The predicted molar refractivity (Wildman–Crippen MR) is 95.2 cm³/mol. The molecule has 1 aliphatic rings. The number of benzene rings is 1. The van der Waals surface area contributed by atoms with E-state index in [1.54, 1.807) is 7.11 Å². The fourth-order valence-corrected chi connectivity index (χ4v) is 3.51. The van der Waals surface area contributed by atoms with E-state index in [-0.39, 0.29) is 6.04 Å². The Morgan fingerprint density at radius 1 is 1.26 bits per heavy atom. The maximum absolute atomic E-state index is 6.15. The number of nitrogens with zero attached hydrogens (tertiary/aromatic N) is 1. The highest BCUT2D eigenvalue weighted by molar-refractivity contribution is 5.43. The average Bonchev–Trinajstić information content (AvgIpc) is 2.61. The highest BCUT2D eigenvalue weighted by Gasteiger charge is 2.27. The SMILES string of the molecule is CCCOc1cc(OC)ccc1C(CN)N(C)C1CCCCC1. The van der Waals surface area contributed by atoms with Crippen molar-refractivity contribution in [3.8, 4) is 11.5 Å². The molecule has 0 aromatic heterocycles. The van der Waals surface area contributed by atoms with Crippen LogP contribution in [0.2, 0.25) is 0 Å². The Morgan fingerprint density at radius 3 is 2.61 bits per heavy atom. The van der Waals surface area contributed by atoms with Gasteiger partial charge in [-0.15, -0.1) is 0 Å². The summed E-state index contributed by atoms with van der Waals surface area (Å²) < 4.78 is 11.3. The van der Waals surface area contributed by atoms with Crippen molar-refractivity contribution in [3.05, 3.63) is 23.8 Å². The van der Waals surface area contributed by atoms with E-state index in [4.69, 9.17) is 15.2 Å². The lowest BCUT2D eigenvalue weighted by molar-refractivity contribution is 0.138. The van der Waals surface area contributed by atoms with Crippen LogP contribution in [0.1, 0.15) is 57.1 Å². The molecular weight excluding hydrogens is 288 g/mol. The van der Waals surface area contributed by atoms with Crippen LogP contribution in [0.5, 0.6) is 11.5 Å². The van der Waals surface area contributed by atoms with Gasteiger partial charge in [0.1, 0.15) is 11.5 Å². The molecule has 0 amide bonds. The maximum atomic E-state index is 6.15. The normalized spacial score (nSPS) is 17.3. The largest absolute Gasteiger partial charge is 0.497 e. The fourth-order valence-electron chi connectivity index (χ4n) is 3.51. The summed E-state index contributed by atoms with van der Waals surface area (Å²) >= 11 is 0. The van der Waals surface area contributed by atoms with E-state index in [1.807, 2.05) is 12.1 Å². The van der Waals surface area contributed by atoms with Crippen LogP contribution in [0, 0.1) is 0 Å². The minimum Gasteiger partial charge on any atom is -0.497 e. The van der Waals surface area contributed by atoms with Crippen LogP contribution in [-0.4, -0.2) is 38.3 Å². The molecule has 0 heterocycles. The fraction of sp³-hybridized carbons (Fsp3) is 0.684. The van der Waals surface area contributed by atoms with Crippen molar-refractivity contribution in [1.82, 2.24) is 4.90 Å². The number of hydrogen-bond donors (Lipinski definition) is 1. The number of methoxy groups -OCH3 is 1. The topological polar surface area (TPSA) is 47.7 Å². The summed E-state index contributed by atoms with van der Waals surface area (Å²) in [5.41, 5.74) is 7.33. The first kappa shape index (κ1) is 18.1. The van der Waals surface area contributed by atoms with Crippen LogP contribution in [-0.2, 0) is 0 Å². The molecule has 1 fully saturated rings. The summed E-state index contributed by atoms with van der Waals surface area (Å²) in [6, 6.07) is 6.92. The van der Waals surface area contributed by atoms with Crippen molar-refractivity contribution in [2.45, 2.75) is 57.5 Å². The molecule has 1 aliphatic carbocycles. The molecule has 1 atom stereocenters. The van der Waals surface area contributed by atoms with Crippen molar-refractivity contribution >= 4 is 0 Å². The summed E-state index contributed by atoms with van der Waals surface area (Å²) in [4.78, 5) is 2.46. The summed E-state index contributed by atoms with van der Waals surface area (Å²) in [6.45, 7) is 3.43. The molecule has 4 nitrogen and oxygen atoms in total. The molecular formula is C19H32N2O2. The zero-order valence-corrected chi connectivity index (χ0v) is 14.9. The second kappa shape index (κ2) is 9.14. The van der Waals surface area contributed by atoms with Gasteiger partial charge in [-0.05, 0) is 32.4 Å². The number of ether oxygens (including phenoxy) is 2. The van der Waals surface area contributed by atoms with Crippen molar-refractivity contribution in [3.63, 3.8) is 0 Å². The maximum Gasteiger partial charge on any atom is 0.127 e. The lowest BCUT2D eigenvalue weighted by Gasteiger charge is -2.37. The van der Waals surface area contributed by atoms with Crippen LogP contribution >= 0.6 is 0 Å². The minimum absolute atomic E-state index is 0.191. The number of likely N-dealkylation sites (N-methyl/N-ethyl adjacent to an activating group) is 1. The number of hydrogen-bond acceptors (Lipinski definition) is 4. The molecule has 0 saturated heterocycles. The van der Waals surface area contributed by atoms with Gasteiger partial charge in [-0.1, -0.05) is 32.3 Å². The Hall–Kier alpha value is -1.26. The molecule has 2 rings (SSSR count). The quantitative estimate of drug-likeness (QED) is 0.792. The molecule has 1 saturated carbocycles. The monoisotopic (exact) mass is 320 g/mol. The highest BCUT2D eigenvalue weighted by Crippen LogP contribution is 2.35. The van der Waals surface area contributed by atoms with Gasteiger partial charge < -0.3 is 15.2 Å². The molecule has 0 radical (unpaired) electrons. The van der Waals surface area contributed by atoms with Crippen LogP contribution in [0.25, 0.3) is 0 Å². The van der Waals surface area contributed by atoms with Gasteiger partial charge in [0.25, 0.3) is 0 Å². The zero-order chi connectivity index (χ0) is 16.7. The Kier molecular flexibility index (Phi) is 7.18. The summed E-state index contributed by atoms with van der Waals surface area (Å²) in [7, 11) is 3.90. The smallest absolute Gasteiger partial charge is 0.127 e. The van der Waals surface area contributed by atoms with Crippen LogP contribution in [0.3, 0.4) is 0 Å². The van der Waals surface area contributed by atoms with Crippen molar-refractivity contribution in [2.24, 2.45) is 5.73 Å². The van der Waals surface area contributed by atoms with Gasteiger partial charge in [0.2, 0.25) is 0 Å². The van der Waals surface area contributed by atoms with Gasteiger partial charge in [-0.2, -0.15) is 0 Å². The Labute approximate surface area is 140 Å². The van der Waals surface area contributed by atoms with Crippen molar-refractivity contribution in [2.75, 3.05) is 27.3 Å². The average molecular weight is 320 g/mol. The van der Waals surface area contributed by atoms with Gasteiger partial charge >= 0.3 is 0 Å². The van der Waals surface area contributed by atoms with Gasteiger partial charge in [0, 0.05) is 24.2 Å².